The van der Waals surface area contributed by atoms with Crippen LogP contribution >= 0.6 is 12.2 Å². The maximum atomic E-state index is 14.3. The molecule has 0 amide bonds. The number of ketones is 1. The van der Waals surface area contributed by atoms with E-state index in [1.54, 1.807) is 36.4 Å². The highest BCUT2D eigenvalue weighted by Crippen LogP contribution is 2.46. The number of benzene rings is 3. The molecule has 0 bridgehead atoms. The molecule has 2 aliphatic rings. The fraction of sp³-hybridized carbons (Fsp3) is 0.217. The largest absolute Gasteiger partial charge is 0.454 e. The maximum absolute atomic E-state index is 14.3. The van der Waals surface area contributed by atoms with Crippen molar-refractivity contribution in [1.82, 2.24) is 10.6 Å². The summed E-state index contributed by atoms with van der Waals surface area (Å²) >= 11 is 4.98. The van der Waals surface area contributed by atoms with E-state index in [1.807, 2.05) is 5.32 Å². The third-order valence-corrected chi connectivity index (χ3v) is 6.12. The van der Waals surface area contributed by atoms with E-state index in [4.69, 9.17) is 21.7 Å². The third kappa shape index (κ3) is 3.46. The second kappa shape index (κ2) is 7.60. The predicted octanol–water partition coefficient (Wildman–Crippen LogP) is 3.84. The SMILES string of the molecule is O=C(c1cccc2ccccc12)[C@@H]1[C@@H](c2ccc3c(c2)OCO3)NC(=S)N[C@@]1(O)C(F)(F)F. The van der Waals surface area contributed by atoms with Crippen molar-refractivity contribution in [1.29, 1.82) is 0 Å². The summed E-state index contributed by atoms with van der Waals surface area (Å²) in [5.74, 6) is -2.14. The van der Waals surface area contributed by atoms with E-state index in [9.17, 15) is 23.1 Å². The minimum Gasteiger partial charge on any atom is -0.454 e. The van der Waals surface area contributed by atoms with Gasteiger partial charge in [0, 0.05) is 5.56 Å². The fourth-order valence-electron chi connectivity index (χ4n) is 4.33. The van der Waals surface area contributed by atoms with Gasteiger partial charge >= 0.3 is 6.18 Å². The normalized spacial score (nSPS) is 24.3. The second-order valence-corrected chi connectivity index (χ2v) is 8.23. The van der Waals surface area contributed by atoms with Crippen molar-refractivity contribution in [2.75, 3.05) is 6.79 Å². The van der Waals surface area contributed by atoms with Crippen molar-refractivity contribution < 1.29 is 32.5 Å². The first-order chi connectivity index (χ1) is 15.7. The zero-order valence-corrected chi connectivity index (χ0v) is 17.7. The van der Waals surface area contributed by atoms with Gasteiger partial charge in [0.15, 0.2) is 22.4 Å². The molecular formula is C23H17F3N2O4S. The Balaban J connectivity index is 1.69. The van der Waals surface area contributed by atoms with Gasteiger partial charge in [0.2, 0.25) is 12.5 Å². The molecule has 0 saturated carbocycles. The van der Waals surface area contributed by atoms with Crippen molar-refractivity contribution in [2.45, 2.75) is 17.9 Å². The summed E-state index contributed by atoms with van der Waals surface area (Å²) < 4.78 is 53.4. The molecule has 3 atom stereocenters. The Bertz CT molecular complexity index is 1280. The van der Waals surface area contributed by atoms with Gasteiger partial charge in [0.25, 0.3) is 0 Å². The molecule has 170 valence electrons. The number of fused-ring (bicyclic) bond motifs is 2. The molecule has 2 heterocycles. The van der Waals surface area contributed by atoms with E-state index < -0.39 is 34.8 Å². The molecule has 2 aliphatic heterocycles. The molecular weight excluding hydrogens is 457 g/mol. The summed E-state index contributed by atoms with van der Waals surface area (Å²) in [6, 6.07) is 14.9. The molecule has 5 rings (SSSR count). The van der Waals surface area contributed by atoms with Crippen molar-refractivity contribution in [2.24, 2.45) is 5.92 Å². The Labute approximate surface area is 191 Å². The number of rotatable bonds is 3. The van der Waals surface area contributed by atoms with Crippen molar-refractivity contribution in [3.8, 4) is 11.5 Å². The lowest BCUT2D eigenvalue weighted by Crippen LogP contribution is -2.72. The summed E-state index contributed by atoms with van der Waals surface area (Å²) in [6.07, 6.45) is -5.21. The highest BCUT2D eigenvalue weighted by molar-refractivity contribution is 7.80. The molecule has 0 radical (unpaired) electrons. The Kier molecular flexibility index (Phi) is 4.95. The number of carbonyl (C=O) groups excluding carboxylic acids is 1. The van der Waals surface area contributed by atoms with Crippen LogP contribution in [0, 0.1) is 5.92 Å². The smallest absolute Gasteiger partial charge is 0.437 e. The molecule has 0 aromatic heterocycles. The highest BCUT2D eigenvalue weighted by atomic mass is 32.1. The lowest BCUT2D eigenvalue weighted by atomic mass is 9.76. The van der Waals surface area contributed by atoms with E-state index in [0.717, 1.165) is 0 Å². The number of hydrogen-bond donors (Lipinski definition) is 3. The van der Waals surface area contributed by atoms with Crippen LogP contribution in [-0.2, 0) is 0 Å². The number of Topliss-reactive ketones (excluding diaryl/α,β-unsaturated/α-hetero) is 1. The van der Waals surface area contributed by atoms with Gasteiger partial charge in [0.05, 0.1) is 6.04 Å². The summed E-state index contributed by atoms with van der Waals surface area (Å²) in [5, 5.41) is 16.3. The zero-order valence-electron chi connectivity index (χ0n) is 16.8. The van der Waals surface area contributed by atoms with Crippen LogP contribution in [0.5, 0.6) is 11.5 Å². The Morgan fingerprint density at radius 2 is 1.79 bits per heavy atom. The van der Waals surface area contributed by atoms with Gasteiger partial charge in [-0.15, -0.1) is 0 Å². The van der Waals surface area contributed by atoms with Crippen LogP contribution in [0.4, 0.5) is 13.2 Å². The lowest BCUT2D eigenvalue weighted by Gasteiger charge is -2.46. The minimum atomic E-state index is -5.21. The van der Waals surface area contributed by atoms with Crippen LogP contribution in [0.25, 0.3) is 10.8 Å². The van der Waals surface area contributed by atoms with Gasteiger partial charge in [-0.1, -0.05) is 48.5 Å². The molecule has 33 heavy (non-hydrogen) atoms. The number of thiocarbonyl (C=S) groups is 1. The quantitative estimate of drug-likeness (QED) is 0.393. The van der Waals surface area contributed by atoms with Gasteiger partial charge in [-0.25, -0.2) is 0 Å². The number of carbonyl (C=O) groups is 1. The maximum Gasteiger partial charge on any atom is 0.437 e. The molecule has 0 unspecified atom stereocenters. The Hall–Kier alpha value is -3.37. The Morgan fingerprint density at radius 1 is 1.06 bits per heavy atom. The first-order valence-electron chi connectivity index (χ1n) is 9.98. The molecule has 0 spiro atoms. The first kappa shape index (κ1) is 21.5. The number of hydrogen-bond acceptors (Lipinski definition) is 5. The van der Waals surface area contributed by atoms with E-state index in [2.05, 4.69) is 5.32 Å². The number of nitrogens with one attached hydrogen (secondary N) is 2. The molecule has 1 saturated heterocycles. The van der Waals surface area contributed by atoms with Gasteiger partial charge in [-0.2, -0.15) is 13.2 Å². The number of aliphatic hydroxyl groups is 1. The number of halogens is 3. The minimum absolute atomic E-state index is 0.0261. The molecule has 3 aromatic rings. The van der Waals surface area contributed by atoms with Gasteiger partial charge in [0.1, 0.15) is 5.92 Å². The van der Waals surface area contributed by atoms with Crippen molar-refractivity contribution >= 4 is 33.9 Å². The first-order valence-corrected chi connectivity index (χ1v) is 10.4. The van der Waals surface area contributed by atoms with Gasteiger partial charge in [-0.05, 0) is 40.7 Å². The summed E-state index contributed by atoms with van der Waals surface area (Å²) in [7, 11) is 0. The van der Waals surface area contributed by atoms with Crippen molar-refractivity contribution in [3.05, 3.63) is 71.8 Å². The topological polar surface area (TPSA) is 79.8 Å². The van der Waals surface area contributed by atoms with E-state index >= 15 is 0 Å². The zero-order chi connectivity index (χ0) is 23.4. The van der Waals surface area contributed by atoms with Crippen LogP contribution < -0.4 is 20.1 Å². The predicted molar refractivity (Wildman–Crippen MR) is 117 cm³/mol. The Morgan fingerprint density at radius 3 is 2.58 bits per heavy atom. The van der Waals surface area contributed by atoms with Crippen LogP contribution in [0.15, 0.2) is 60.7 Å². The van der Waals surface area contributed by atoms with Crippen LogP contribution in [-0.4, -0.2) is 34.7 Å². The molecule has 10 heteroatoms. The standard InChI is InChI=1S/C23H17F3N2O4S/c24-23(25,26)22(30)18(20(29)15-7-3-5-12-4-1-2-6-14(12)15)19(27-21(33)28-22)13-8-9-16-17(10-13)32-11-31-16/h1-10,18-19,30H,11H2,(H2,27,28,33)/t18-,19+,22-/m0/s1. The monoisotopic (exact) mass is 474 g/mol. The van der Waals surface area contributed by atoms with Gasteiger partial charge in [-0.3, -0.25) is 4.79 Å². The third-order valence-electron chi connectivity index (χ3n) is 5.90. The highest BCUT2D eigenvalue weighted by Gasteiger charge is 2.65. The van der Waals surface area contributed by atoms with E-state index in [1.165, 1.54) is 24.3 Å². The van der Waals surface area contributed by atoms with E-state index in [-0.39, 0.29) is 17.9 Å². The fourth-order valence-corrected chi connectivity index (χ4v) is 4.61. The van der Waals surface area contributed by atoms with E-state index in [0.29, 0.717) is 22.3 Å². The van der Waals surface area contributed by atoms with Crippen LogP contribution in [0.1, 0.15) is 22.0 Å². The number of alkyl halides is 3. The average Bonchev–Trinajstić information content (AvgIpc) is 3.25. The van der Waals surface area contributed by atoms with Crippen LogP contribution in [0.3, 0.4) is 0 Å². The molecule has 0 aliphatic carbocycles. The molecule has 3 aromatic carbocycles. The van der Waals surface area contributed by atoms with Gasteiger partial charge < -0.3 is 25.2 Å². The van der Waals surface area contributed by atoms with Crippen LogP contribution in [0.2, 0.25) is 0 Å². The van der Waals surface area contributed by atoms with Crippen molar-refractivity contribution in [3.63, 3.8) is 0 Å². The number of ether oxygens (including phenoxy) is 2. The summed E-state index contributed by atoms with van der Waals surface area (Å²) in [5.41, 5.74) is -3.27. The summed E-state index contributed by atoms with van der Waals surface area (Å²) in [4.78, 5) is 13.8. The molecule has 6 nitrogen and oxygen atoms in total. The average molecular weight is 474 g/mol. The lowest BCUT2D eigenvalue weighted by molar-refractivity contribution is -0.285. The molecule has 3 N–H and O–H groups in total. The molecule has 1 fully saturated rings. The summed E-state index contributed by atoms with van der Waals surface area (Å²) in [6.45, 7) is -0.0261. The second-order valence-electron chi connectivity index (χ2n) is 7.82.